The molecule has 2 nitrogen and oxygen atoms in total. The van der Waals surface area contributed by atoms with E-state index in [0.29, 0.717) is 0 Å². The van der Waals surface area contributed by atoms with E-state index in [0.717, 1.165) is 32.4 Å². The average molecular weight is 166 g/mol. The second-order valence-corrected chi connectivity index (χ2v) is 2.76. The van der Waals surface area contributed by atoms with Gasteiger partial charge in [0.2, 0.25) is 0 Å². The van der Waals surface area contributed by atoms with Crippen molar-refractivity contribution in [3.63, 3.8) is 0 Å². The van der Waals surface area contributed by atoms with Crippen LogP contribution in [0.4, 0.5) is 0 Å². The van der Waals surface area contributed by atoms with E-state index in [1.54, 1.807) is 0 Å². The standard InChI is InChI=1S/C9H15BO2/c1-2-3-4-5-7-10-11-8-6-9-12-10/h2,4-5H,1,3,6-9H2/b5-4+. The third-order valence-electron chi connectivity index (χ3n) is 1.69. The molecule has 0 unspecified atom stereocenters. The molecular weight excluding hydrogens is 151 g/mol. The zero-order chi connectivity index (χ0) is 8.65. The Morgan fingerprint density at radius 3 is 2.67 bits per heavy atom. The van der Waals surface area contributed by atoms with Crippen molar-refractivity contribution in [2.24, 2.45) is 0 Å². The van der Waals surface area contributed by atoms with E-state index in [-0.39, 0.29) is 7.12 Å². The van der Waals surface area contributed by atoms with Crippen LogP contribution in [-0.2, 0) is 9.31 Å². The molecule has 0 aliphatic carbocycles. The van der Waals surface area contributed by atoms with Gasteiger partial charge in [0.25, 0.3) is 0 Å². The van der Waals surface area contributed by atoms with E-state index >= 15 is 0 Å². The second-order valence-electron chi connectivity index (χ2n) is 2.76. The summed E-state index contributed by atoms with van der Waals surface area (Å²) < 4.78 is 10.7. The Kier molecular flexibility index (Phi) is 4.80. The van der Waals surface area contributed by atoms with Gasteiger partial charge in [-0.05, 0) is 12.8 Å². The molecule has 1 heterocycles. The quantitative estimate of drug-likeness (QED) is 0.470. The fourth-order valence-electron chi connectivity index (χ4n) is 1.07. The first-order valence-electron chi connectivity index (χ1n) is 4.42. The van der Waals surface area contributed by atoms with Crippen molar-refractivity contribution in [3.8, 4) is 0 Å². The molecule has 0 aromatic carbocycles. The van der Waals surface area contributed by atoms with Crippen LogP contribution in [0.2, 0.25) is 6.32 Å². The molecule has 1 rings (SSSR count). The van der Waals surface area contributed by atoms with Gasteiger partial charge >= 0.3 is 7.12 Å². The molecule has 66 valence electrons. The van der Waals surface area contributed by atoms with Crippen LogP contribution in [0.25, 0.3) is 0 Å². The molecule has 3 heteroatoms. The predicted octanol–water partition coefficient (Wildman–Crippen LogP) is 2.04. The summed E-state index contributed by atoms with van der Waals surface area (Å²) in [7, 11) is -0.0141. The Balaban J connectivity index is 2.08. The molecule has 1 aliphatic rings. The molecule has 1 fully saturated rings. The lowest BCUT2D eigenvalue weighted by Crippen LogP contribution is -2.28. The van der Waals surface area contributed by atoms with Crippen molar-refractivity contribution in [1.82, 2.24) is 0 Å². The largest absolute Gasteiger partial charge is 0.460 e. The van der Waals surface area contributed by atoms with Crippen molar-refractivity contribution >= 4 is 7.12 Å². The van der Waals surface area contributed by atoms with Crippen LogP contribution in [-0.4, -0.2) is 20.3 Å². The Bertz CT molecular complexity index is 151. The highest BCUT2D eigenvalue weighted by molar-refractivity contribution is 6.45. The Morgan fingerprint density at radius 1 is 1.25 bits per heavy atom. The molecule has 0 N–H and O–H groups in total. The predicted molar refractivity (Wildman–Crippen MR) is 51.0 cm³/mol. The van der Waals surface area contributed by atoms with Crippen LogP contribution in [0.1, 0.15) is 12.8 Å². The minimum absolute atomic E-state index is 0.0141. The van der Waals surface area contributed by atoms with Crippen molar-refractivity contribution in [1.29, 1.82) is 0 Å². The molecule has 0 amide bonds. The van der Waals surface area contributed by atoms with Gasteiger partial charge in [-0.15, -0.1) is 6.58 Å². The summed E-state index contributed by atoms with van der Waals surface area (Å²) in [4.78, 5) is 0. The molecule has 0 radical (unpaired) electrons. The zero-order valence-electron chi connectivity index (χ0n) is 7.37. The lowest BCUT2D eigenvalue weighted by Gasteiger charge is -2.18. The maximum absolute atomic E-state index is 5.36. The number of rotatable bonds is 4. The molecule has 1 saturated heterocycles. The highest BCUT2D eigenvalue weighted by Gasteiger charge is 2.19. The second kappa shape index (κ2) is 6.03. The van der Waals surface area contributed by atoms with Crippen molar-refractivity contribution in [2.75, 3.05) is 13.2 Å². The Hall–Kier alpha value is -0.535. The van der Waals surface area contributed by atoms with Crippen molar-refractivity contribution < 1.29 is 9.31 Å². The smallest absolute Gasteiger partial charge is 0.411 e. The van der Waals surface area contributed by atoms with Gasteiger partial charge in [0.05, 0.1) is 0 Å². The highest BCUT2D eigenvalue weighted by atomic mass is 16.6. The van der Waals surface area contributed by atoms with Gasteiger partial charge in [0.1, 0.15) is 0 Å². The molecule has 0 bridgehead atoms. The van der Waals surface area contributed by atoms with Crippen LogP contribution >= 0.6 is 0 Å². The van der Waals surface area contributed by atoms with Crippen LogP contribution < -0.4 is 0 Å². The summed E-state index contributed by atoms with van der Waals surface area (Å²) in [6.07, 6.45) is 8.83. The van der Waals surface area contributed by atoms with E-state index in [2.05, 4.69) is 18.7 Å². The van der Waals surface area contributed by atoms with Gasteiger partial charge in [-0.3, -0.25) is 0 Å². The molecular formula is C9H15BO2. The van der Waals surface area contributed by atoms with E-state index in [4.69, 9.17) is 9.31 Å². The lowest BCUT2D eigenvalue weighted by atomic mass is 9.83. The summed E-state index contributed by atoms with van der Waals surface area (Å²) in [5, 5.41) is 0. The Morgan fingerprint density at radius 2 is 2.00 bits per heavy atom. The van der Waals surface area contributed by atoms with Gasteiger partial charge in [-0.1, -0.05) is 18.2 Å². The summed E-state index contributed by atoms with van der Waals surface area (Å²) in [5.41, 5.74) is 0. The fourth-order valence-corrected chi connectivity index (χ4v) is 1.07. The highest BCUT2D eigenvalue weighted by Crippen LogP contribution is 2.06. The topological polar surface area (TPSA) is 18.5 Å². The van der Waals surface area contributed by atoms with Gasteiger partial charge in [-0.25, -0.2) is 0 Å². The zero-order valence-corrected chi connectivity index (χ0v) is 7.37. The third kappa shape index (κ3) is 3.74. The van der Waals surface area contributed by atoms with Gasteiger partial charge in [0, 0.05) is 19.5 Å². The first-order valence-corrected chi connectivity index (χ1v) is 4.42. The fraction of sp³-hybridized carbons (Fsp3) is 0.556. The summed E-state index contributed by atoms with van der Waals surface area (Å²) in [5.74, 6) is 0. The number of hydrogen-bond donors (Lipinski definition) is 0. The van der Waals surface area contributed by atoms with Crippen molar-refractivity contribution in [3.05, 3.63) is 24.8 Å². The summed E-state index contributed by atoms with van der Waals surface area (Å²) >= 11 is 0. The van der Waals surface area contributed by atoms with E-state index in [9.17, 15) is 0 Å². The van der Waals surface area contributed by atoms with Gasteiger partial charge in [-0.2, -0.15) is 0 Å². The molecule has 0 atom stereocenters. The lowest BCUT2D eigenvalue weighted by molar-refractivity contribution is 0.136. The third-order valence-corrected chi connectivity index (χ3v) is 1.69. The van der Waals surface area contributed by atoms with Crippen LogP contribution in [0.5, 0.6) is 0 Å². The van der Waals surface area contributed by atoms with E-state index in [1.165, 1.54) is 0 Å². The average Bonchev–Trinajstić information content (AvgIpc) is 2.14. The molecule has 1 aliphatic heterocycles. The maximum Gasteiger partial charge on any atom is 0.460 e. The minimum Gasteiger partial charge on any atom is -0.411 e. The van der Waals surface area contributed by atoms with Crippen LogP contribution in [0.3, 0.4) is 0 Å². The molecule has 0 aromatic heterocycles. The molecule has 0 saturated carbocycles. The molecule has 0 spiro atoms. The van der Waals surface area contributed by atoms with E-state index < -0.39 is 0 Å². The number of hydrogen-bond acceptors (Lipinski definition) is 2. The SMILES string of the molecule is C=CC/C=C/CB1OCCCO1. The van der Waals surface area contributed by atoms with Crippen molar-refractivity contribution in [2.45, 2.75) is 19.2 Å². The first kappa shape index (κ1) is 9.55. The van der Waals surface area contributed by atoms with E-state index in [1.807, 2.05) is 6.08 Å². The van der Waals surface area contributed by atoms with Crippen LogP contribution in [0.15, 0.2) is 24.8 Å². The maximum atomic E-state index is 5.36. The van der Waals surface area contributed by atoms with Gasteiger partial charge < -0.3 is 9.31 Å². The minimum atomic E-state index is -0.0141. The molecule has 12 heavy (non-hydrogen) atoms. The monoisotopic (exact) mass is 166 g/mol. The van der Waals surface area contributed by atoms with Gasteiger partial charge in [0.15, 0.2) is 0 Å². The number of allylic oxidation sites excluding steroid dienone is 3. The molecule has 0 aromatic rings. The summed E-state index contributed by atoms with van der Waals surface area (Å²) in [6.45, 7) is 5.30. The summed E-state index contributed by atoms with van der Waals surface area (Å²) in [6, 6.07) is 0. The van der Waals surface area contributed by atoms with Crippen LogP contribution in [0, 0.1) is 0 Å². The Labute approximate surface area is 74.4 Å². The first-order chi connectivity index (χ1) is 5.93. The normalized spacial score (nSPS) is 18.5.